The van der Waals surface area contributed by atoms with Crippen LogP contribution in [0.1, 0.15) is 27.2 Å². The average Bonchev–Trinajstić information content (AvgIpc) is 3.10. The number of carbonyl (C=O) groups is 1. The molecule has 0 aliphatic carbocycles. The molecular formula is C20H14ClF4N3O. The van der Waals surface area contributed by atoms with E-state index in [1.807, 2.05) is 6.20 Å². The van der Waals surface area contributed by atoms with Crippen LogP contribution in [0.5, 0.6) is 0 Å². The summed E-state index contributed by atoms with van der Waals surface area (Å²) in [6.07, 6.45) is -2.34. The van der Waals surface area contributed by atoms with Crippen LogP contribution in [0.3, 0.4) is 0 Å². The monoisotopic (exact) mass is 423 g/mol. The lowest BCUT2D eigenvalue weighted by Crippen LogP contribution is -2.36. The molecule has 3 aromatic rings. The van der Waals surface area contributed by atoms with E-state index in [-0.39, 0.29) is 17.9 Å². The van der Waals surface area contributed by atoms with Gasteiger partial charge in [-0.15, -0.1) is 0 Å². The van der Waals surface area contributed by atoms with E-state index in [9.17, 15) is 22.4 Å². The van der Waals surface area contributed by atoms with Gasteiger partial charge in [0.15, 0.2) is 0 Å². The number of benzene rings is 2. The molecule has 4 rings (SSSR count). The minimum Gasteiger partial charge on any atom is -0.332 e. The normalized spacial score (nSPS) is 14.0. The van der Waals surface area contributed by atoms with Crippen LogP contribution in [0.2, 0.25) is 5.02 Å². The van der Waals surface area contributed by atoms with E-state index in [2.05, 4.69) is 5.10 Å². The second kappa shape index (κ2) is 7.18. The molecule has 4 nitrogen and oxygen atoms in total. The fourth-order valence-corrected chi connectivity index (χ4v) is 3.60. The zero-order chi connectivity index (χ0) is 20.8. The number of aromatic nitrogens is 2. The van der Waals surface area contributed by atoms with Gasteiger partial charge in [-0.2, -0.15) is 18.3 Å². The van der Waals surface area contributed by atoms with Gasteiger partial charge in [0.2, 0.25) is 0 Å². The summed E-state index contributed by atoms with van der Waals surface area (Å²) < 4.78 is 53.9. The van der Waals surface area contributed by atoms with Crippen molar-refractivity contribution in [2.75, 3.05) is 6.54 Å². The Labute approximate surface area is 168 Å². The lowest BCUT2D eigenvalue weighted by molar-refractivity contribution is -0.137. The Hall–Kier alpha value is -2.87. The van der Waals surface area contributed by atoms with Crippen LogP contribution >= 0.6 is 11.6 Å². The van der Waals surface area contributed by atoms with E-state index >= 15 is 0 Å². The van der Waals surface area contributed by atoms with Gasteiger partial charge in [-0.25, -0.2) is 9.07 Å². The molecule has 0 unspecified atom stereocenters. The summed E-state index contributed by atoms with van der Waals surface area (Å²) in [5.41, 5.74) is 0.997. The van der Waals surface area contributed by atoms with Crippen LogP contribution in [-0.2, 0) is 19.1 Å². The first-order chi connectivity index (χ1) is 13.7. The van der Waals surface area contributed by atoms with Crippen molar-refractivity contribution in [3.63, 3.8) is 0 Å². The van der Waals surface area contributed by atoms with E-state index < -0.39 is 22.7 Å². The molecule has 0 bridgehead atoms. The molecule has 0 saturated carbocycles. The van der Waals surface area contributed by atoms with Gasteiger partial charge in [-0.3, -0.25) is 4.79 Å². The summed E-state index contributed by atoms with van der Waals surface area (Å²) in [6, 6.07) is 9.10. The van der Waals surface area contributed by atoms with Crippen molar-refractivity contribution in [3.8, 4) is 5.69 Å². The number of alkyl halides is 3. The lowest BCUT2D eigenvalue weighted by Gasteiger charge is -2.26. The lowest BCUT2D eigenvalue weighted by atomic mass is 10.1. The zero-order valence-electron chi connectivity index (χ0n) is 14.9. The van der Waals surface area contributed by atoms with Crippen molar-refractivity contribution in [2.45, 2.75) is 19.1 Å². The van der Waals surface area contributed by atoms with Gasteiger partial charge in [0.1, 0.15) is 5.82 Å². The Morgan fingerprint density at radius 1 is 1.10 bits per heavy atom. The van der Waals surface area contributed by atoms with Gasteiger partial charge in [-0.05, 0) is 48.4 Å². The highest BCUT2D eigenvalue weighted by atomic mass is 35.5. The van der Waals surface area contributed by atoms with E-state index in [0.717, 1.165) is 11.6 Å². The molecule has 150 valence electrons. The highest BCUT2D eigenvalue weighted by Gasteiger charge is 2.35. The Kier molecular flexibility index (Phi) is 4.82. The maximum Gasteiger partial charge on any atom is 0.417 e. The van der Waals surface area contributed by atoms with Crippen molar-refractivity contribution in [2.24, 2.45) is 0 Å². The number of hydrogen-bond donors (Lipinski definition) is 0. The molecule has 0 saturated heterocycles. The first-order valence-electron chi connectivity index (χ1n) is 8.72. The number of fused-ring (bicyclic) bond motifs is 1. The van der Waals surface area contributed by atoms with Crippen molar-refractivity contribution >= 4 is 17.5 Å². The minimum absolute atomic E-state index is 0.148. The summed E-state index contributed by atoms with van der Waals surface area (Å²) >= 11 is 5.89. The largest absolute Gasteiger partial charge is 0.417 e. The van der Waals surface area contributed by atoms with Crippen molar-refractivity contribution in [1.82, 2.24) is 14.7 Å². The maximum atomic E-state index is 13.1. The van der Waals surface area contributed by atoms with E-state index in [1.165, 1.54) is 29.2 Å². The number of rotatable bonds is 2. The molecule has 29 heavy (non-hydrogen) atoms. The Balaban J connectivity index is 1.59. The smallest absolute Gasteiger partial charge is 0.332 e. The van der Waals surface area contributed by atoms with E-state index in [0.29, 0.717) is 24.3 Å². The van der Waals surface area contributed by atoms with Crippen LogP contribution in [0.15, 0.2) is 48.7 Å². The van der Waals surface area contributed by atoms with Gasteiger partial charge in [0, 0.05) is 12.7 Å². The number of hydrogen-bond acceptors (Lipinski definition) is 2. The fraction of sp³-hybridized carbons (Fsp3) is 0.200. The molecule has 0 atom stereocenters. The molecule has 0 fully saturated rings. The third kappa shape index (κ3) is 3.72. The molecular weight excluding hydrogens is 410 g/mol. The van der Waals surface area contributed by atoms with E-state index in [1.54, 1.807) is 16.8 Å². The number of nitrogens with zero attached hydrogens (tertiary/aromatic N) is 3. The third-order valence-corrected chi connectivity index (χ3v) is 5.19. The highest BCUT2D eigenvalue weighted by molar-refractivity contribution is 6.34. The zero-order valence-corrected chi connectivity index (χ0v) is 15.6. The Bertz CT molecular complexity index is 1080. The third-order valence-electron chi connectivity index (χ3n) is 4.78. The van der Waals surface area contributed by atoms with Crippen LogP contribution in [0.4, 0.5) is 17.6 Å². The van der Waals surface area contributed by atoms with Gasteiger partial charge in [-0.1, -0.05) is 17.7 Å². The van der Waals surface area contributed by atoms with E-state index in [4.69, 9.17) is 11.6 Å². The standard InChI is InChI=1S/C20H14ClF4N3O/c21-18-15(2-1-3-16(18)20(23,24)25)19(29)27-9-8-12-10-28(26-17(12)11-27)14-6-4-13(22)5-7-14/h1-7,10H,8-9,11H2. The predicted octanol–water partition coefficient (Wildman–Crippen LogP) is 4.88. The molecule has 1 aliphatic heterocycles. The molecule has 2 aromatic carbocycles. The fourth-order valence-electron chi connectivity index (χ4n) is 3.29. The van der Waals surface area contributed by atoms with Crippen molar-refractivity contribution in [1.29, 1.82) is 0 Å². The summed E-state index contributed by atoms with van der Waals surface area (Å²) in [5.74, 6) is -0.941. The molecule has 0 N–H and O–H groups in total. The molecule has 9 heteroatoms. The highest BCUT2D eigenvalue weighted by Crippen LogP contribution is 2.36. The molecule has 0 spiro atoms. The number of carbonyl (C=O) groups excluding carboxylic acids is 1. The summed E-state index contributed by atoms with van der Waals surface area (Å²) in [7, 11) is 0. The predicted molar refractivity (Wildman–Crippen MR) is 98.4 cm³/mol. The van der Waals surface area contributed by atoms with Crippen molar-refractivity contribution < 1.29 is 22.4 Å². The first kappa shape index (κ1) is 19.4. The van der Waals surface area contributed by atoms with Crippen LogP contribution in [0.25, 0.3) is 5.69 Å². The molecule has 1 aliphatic rings. The first-order valence-corrected chi connectivity index (χ1v) is 9.10. The second-order valence-corrected chi connectivity index (χ2v) is 7.04. The van der Waals surface area contributed by atoms with Gasteiger partial charge in [0.25, 0.3) is 5.91 Å². The topological polar surface area (TPSA) is 38.1 Å². The SMILES string of the molecule is O=C(c1cccc(C(F)(F)F)c1Cl)N1CCc2cn(-c3ccc(F)cc3)nc2C1. The maximum absolute atomic E-state index is 13.1. The summed E-state index contributed by atoms with van der Waals surface area (Å²) in [4.78, 5) is 14.2. The van der Waals surface area contributed by atoms with Gasteiger partial charge < -0.3 is 4.90 Å². The van der Waals surface area contributed by atoms with Crippen molar-refractivity contribution in [3.05, 3.63) is 81.9 Å². The quantitative estimate of drug-likeness (QED) is 0.551. The Morgan fingerprint density at radius 3 is 2.52 bits per heavy atom. The van der Waals surface area contributed by atoms with Crippen LogP contribution < -0.4 is 0 Å². The van der Waals surface area contributed by atoms with Crippen LogP contribution in [0, 0.1) is 5.82 Å². The summed E-state index contributed by atoms with van der Waals surface area (Å²) in [6.45, 7) is 0.475. The second-order valence-electron chi connectivity index (χ2n) is 6.66. The van der Waals surface area contributed by atoms with Crippen LogP contribution in [-0.4, -0.2) is 27.1 Å². The Morgan fingerprint density at radius 2 is 1.83 bits per heavy atom. The number of halogens is 5. The minimum atomic E-state index is -4.64. The molecule has 1 amide bonds. The number of amides is 1. The molecule has 2 heterocycles. The molecule has 1 aromatic heterocycles. The van der Waals surface area contributed by atoms with Gasteiger partial charge >= 0.3 is 6.18 Å². The molecule has 0 radical (unpaired) electrons. The van der Waals surface area contributed by atoms with Gasteiger partial charge in [0.05, 0.1) is 34.1 Å². The average molecular weight is 424 g/mol. The summed E-state index contributed by atoms with van der Waals surface area (Å²) in [5, 5.41) is 3.84.